The van der Waals surface area contributed by atoms with Gasteiger partial charge < -0.3 is 14.6 Å². The monoisotopic (exact) mass is 378 g/mol. The van der Waals surface area contributed by atoms with E-state index in [9.17, 15) is 9.59 Å². The van der Waals surface area contributed by atoms with Crippen LogP contribution in [-0.2, 0) is 4.74 Å². The summed E-state index contributed by atoms with van der Waals surface area (Å²) in [5.41, 5.74) is 2.49. The first-order chi connectivity index (χ1) is 13.5. The molecule has 0 fully saturated rings. The van der Waals surface area contributed by atoms with Crippen LogP contribution in [-0.4, -0.2) is 23.6 Å². The summed E-state index contributed by atoms with van der Waals surface area (Å²) in [7, 11) is 0. The summed E-state index contributed by atoms with van der Waals surface area (Å²) in [6, 6.07) is 16.0. The highest BCUT2D eigenvalue weighted by molar-refractivity contribution is 6.09. The number of hydrogen-bond acceptors (Lipinski definition) is 5. The van der Waals surface area contributed by atoms with Gasteiger partial charge in [0.25, 0.3) is 5.91 Å². The number of esters is 1. The number of hydrogen-bond donors (Lipinski definition) is 1. The molecule has 1 N–H and O–H groups in total. The van der Waals surface area contributed by atoms with Gasteiger partial charge in [-0.1, -0.05) is 55.4 Å². The molecule has 3 rings (SSSR count). The number of carbonyl (C=O) groups is 2. The summed E-state index contributed by atoms with van der Waals surface area (Å²) in [6.45, 7) is 5.97. The SMILES string of the molecule is Cc1onc(-c2ccccc2)c1C(=O)Nc1cccc(C(=O)OCC(C)C)c1. The number of rotatable bonds is 6. The van der Waals surface area contributed by atoms with Gasteiger partial charge in [0.1, 0.15) is 17.0 Å². The van der Waals surface area contributed by atoms with Crippen LogP contribution in [0.4, 0.5) is 5.69 Å². The van der Waals surface area contributed by atoms with Crippen molar-refractivity contribution in [3.05, 3.63) is 71.5 Å². The first kappa shape index (κ1) is 19.4. The number of nitrogens with zero attached hydrogens (tertiary/aromatic N) is 1. The van der Waals surface area contributed by atoms with Crippen LogP contribution in [0.15, 0.2) is 59.1 Å². The van der Waals surface area contributed by atoms with E-state index in [2.05, 4.69) is 10.5 Å². The van der Waals surface area contributed by atoms with E-state index in [0.29, 0.717) is 34.9 Å². The topological polar surface area (TPSA) is 81.4 Å². The smallest absolute Gasteiger partial charge is 0.338 e. The predicted molar refractivity (Wildman–Crippen MR) is 106 cm³/mol. The van der Waals surface area contributed by atoms with Gasteiger partial charge in [0, 0.05) is 11.3 Å². The zero-order valence-corrected chi connectivity index (χ0v) is 16.1. The highest BCUT2D eigenvalue weighted by Gasteiger charge is 2.22. The Morgan fingerprint density at radius 2 is 1.86 bits per heavy atom. The molecule has 1 aromatic heterocycles. The van der Waals surface area contributed by atoms with Gasteiger partial charge in [0.15, 0.2) is 0 Å². The molecule has 28 heavy (non-hydrogen) atoms. The van der Waals surface area contributed by atoms with E-state index < -0.39 is 5.97 Å². The predicted octanol–water partition coefficient (Wildman–Crippen LogP) is 4.72. The molecule has 6 heteroatoms. The van der Waals surface area contributed by atoms with Gasteiger partial charge in [-0.05, 0) is 31.0 Å². The van der Waals surface area contributed by atoms with E-state index in [-0.39, 0.29) is 11.8 Å². The molecule has 6 nitrogen and oxygen atoms in total. The van der Waals surface area contributed by atoms with Crippen molar-refractivity contribution in [2.24, 2.45) is 5.92 Å². The van der Waals surface area contributed by atoms with E-state index >= 15 is 0 Å². The molecular weight excluding hydrogens is 356 g/mol. The van der Waals surface area contributed by atoms with E-state index in [1.54, 1.807) is 31.2 Å². The van der Waals surface area contributed by atoms with Crippen molar-refractivity contribution in [1.82, 2.24) is 5.16 Å². The molecular formula is C22H22N2O4. The fraction of sp³-hybridized carbons (Fsp3) is 0.227. The van der Waals surface area contributed by atoms with Gasteiger partial charge >= 0.3 is 5.97 Å². The molecule has 144 valence electrons. The van der Waals surface area contributed by atoms with Gasteiger partial charge in [0.2, 0.25) is 0 Å². The molecule has 0 atom stereocenters. The third-order valence-corrected chi connectivity index (χ3v) is 4.04. The molecule has 0 spiro atoms. The van der Waals surface area contributed by atoms with Crippen molar-refractivity contribution in [2.45, 2.75) is 20.8 Å². The lowest BCUT2D eigenvalue weighted by Gasteiger charge is -2.09. The minimum Gasteiger partial charge on any atom is -0.462 e. The molecule has 0 saturated carbocycles. The molecule has 0 saturated heterocycles. The van der Waals surface area contributed by atoms with E-state index in [0.717, 1.165) is 5.56 Å². The van der Waals surface area contributed by atoms with Gasteiger partial charge in [-0.3, -0.25) is 4.79 Å². The molecule has 3 aromatic rings. The summed E-state index contributed by atoms with van der Waals surface area (Å²) >= 11 is 0. The number of amides is 1. The van der Waals surface area contributed by atoms with Crippen molar-refractivity contribution < 1.29 is 18.8 Å². The highest BCUT2D eigenvalue weighted by atomic mass is 16.5. The second-order valence-corrected chi connectivity index (χ2v) is 6.86. The lowest BCUT2D eigenvalue weighted by Crippen LogP contribution is -2.14. The van der Waals surface area contributed by atoms with Crippen molar-refractivity contribution >= 4 is 17.6 Å². The molecule has 0 aliphatic rings. The highest BCUT2D eigenvalue weighted by Crippen LogP contribution is 2.26. The summed E-state index contributed by atoms with van der Waals surface area (Å²) in [6.07, 6.45) is 0. The van der Waals surface area contributed by atoms with Crippen molar-refractivity contribution in [3.8, 4) is 11.3 Å². The minimum atomic E-state index is -0.420. The standard InChI is InChI=1S/C22H22N2O4/c1-14(2)13-27-22(26)17-10-7-11-18(12-17)23-21(25)19-15(3)28-24-20(19)16-8-5-4-6-9-16/h4-12,14H,13H2,1-3H3,(H,23,25). The van der Waals surface area contributed by atoms with Crippen molar-refractivity contribution in [1.29, 1.82) is 0 Å². The van der Waals surface area contributed by atoms with E-state index in [1.165, 1.54) is 0 Å². The van der Waals surface area contributed by atoms with Gasteiger partial charge in [-0.2, -0.15) is 0 Å². The van der Waals surface area contributed by atoms with E-state index in [1.807, 2.05) is 44.2 Å². The van der Waals surface area contributed by atoms with Crippen LogP contribution in [0.3, 0.4) is 0 Å². The number of ether oxygens (including phenoxy) is 1. The molecule has 0 radical (unpaired) electrons. The minimum absolute atomic E-state index is 0.250. The Labute approximate surface area is 163 Å². The number of benzene rings is 2. The summed E-state index contributed by atoms with van der Waals surface area (Å²) in [5.74, 6) is -0.107. The Kier molecular flexibility index (Phi) is 5.89. The summed E-state index contributed by atoms with van der Waals surface area (Å²) in [5, 5.41) is 6.83. The lowest BCUT2D eigenvalue weighted by molar-refractivity contribution is 0.0459. The molecule has 0 aliphatic heterocycles. The van der Waals surface area contributed by atoms with Gasteiger partial charge in [-0.25, -0.2) is 4.79 Å². The normalized spacial score (nSPS) is 10.7. The Morgan fingerprint density at radius 1 is 1.11 bits per heavy atom. The quantitative estimate of drug-likeness (QED) is 0.628. The Balaban J connectivity index is 1.80. The van der Waals surface area contributed by atoms with Crippen LogP contribution in [0.5, 0.6) is 0 Å². The number of aromatic nitrogens is 1. The average molecular weight is 378 g/mol. The van der Waals surface area contributed by atoms with Crippen LogP contribution in [0, 0.1) is 12.8 Å². The summed E-state index contributed by atoms with van der Waals surface area (Å²) in [4.78, 5) is 25.0. The molecule has 1 heterocycles. The van der Waals surface area contributed by atoms with Crippen molar-refractivity contribution in [2.75, 3.05) is 11.9 Å². The second-order valence-electron chi connectivity index (χ2n) is 6.86. The number of nitrogens with one attached hydrogen (secondary N) is 1. The molecule has 2 aromatic carbocycles. The Bertz CT molecular complexity index is 977. The maximum atomic E-state index is 12.9. The zero-order chi connectivity index (χ0) is 20.1. The fourth-order valence-corrected chi connectivity index (χ4v) is 2.68. The average Bonchev–Trinajstić information content (AvgIpc) is 3.08. The zero-order valence-electron chi connectivity index (χ0n) is 16.1. The second kappa shape index (κ2) is 8.52. The Morgan fingerprint density at radius 3 is 2.57 bits per heavy atom. The van der Waals surface area contributed by atoms with Crippen LogP contribution in [0.1, 0.15) is 40.3 Å². The van der Waals surface area contributed by atoms with Gasteiger partial charge in [0.05, 0.1) is 12.2 Å². The molecule has 0 aliphatic carbocycles. The molecule has 1 amide bonds. The van der Waals surface area contributed by atoms with Crippen LogP contribution >= 0.6 is 0 Å². The summed E-state index contributed by atoms with van der Waals surface area (Å²) < 4.78 is 10.5. The fourth-order valence-electron chi connectivity index (χ4n) is 2.68. The Hall–Kier alpha value is -3.41. The molecule has 0 bridgehead atoms. The number of carbonyl (C=O) groups excluding carboxylic acids is 2. The van der Waals surface area contributed by atoms with Crippen molar-refractivity contribution in [3.63, 3.8) is 0 Å². The van der Waals surface area contributed by atoms with Gasteiger partial charge in [-0.15, -0.1) is 0 Å². The maximum absolute atomic E-state index is 12.9. The largest absolute Gasteiger partial charge is 0.462 e. The maximum Gasteiger partial charge on any atom is 0.338 e. The van der Waals surface area contributed by atoms with Crippen LogP contribution in [0.25, 0.3) is 11.3 Å². The lowest BCUT2D eigenvalue weighted by atomic mass is 10.1. The first-order valence-corrected chi connectivity index (χ1v) is 9.06. The number of anilines is 1. The third kappa shape index (κ3) is 4.46. The third-order valence-electron chi connectivity index (χ3n) is 4.04. The van der Waals surface area contributed by atoms with Crippen LogP contribution < -0.4 is 5.32 Å². The van der Waals surface area contributed by atoms with Crippen LogP contribution in [0.2, 0.25) is 0 Å². The van der Waals surface area contributed by atoms with E-state index in [4.69, 9.17) is 9.26 Å². The first-order valence-electron chi connectivity index (χ1n) is 9.06. The molecule has 0 unspecified atom stereocenters. The number of aryl methyl sites for hydroxylation is 1.